The Morgan fingerprint density at radius 3 is 2.81 bits per heavy atom. The Bertz CT molecular complexity index is 946. The van der Waals surface area contributed by atoms with E-state index in [0.717, 1.165) is 34.3 Å². The van der Waals surface area contributed by atoms with Crippen molar-refractivity contribution >= 4 is 23.4 Å². The van der Waals surface area contributed by atoms with E-state index in [1.807, 2.05) is 31.3 Å². The molecule has 0 saturated heterocycles. The van der Waals surface area contributed by atoms with Crippen LogP contribution in [0.1, 0.15) is 40.2 Å². The van der Waals surface area contributed by atoms with Crippen molar-refractivity contribution in [1.29, 1.82) is 0 Å². The van der Waals surface area contributed by atoms with Gasteiger partial charge in [0.2, 0.25) is 6.41 Å². The molecule has 2 amide bonds. The highest BCUT2D eigenvalue weighted by Crippen LogP contribution is 2.19. The highest BCUT2D eigenvalue weighted by atomic mass is 16.1. The number of carbonyl (C=O) groups is 2. The number of aryl methyl sites for hydroxylation is 1. The van der Waals surface area contributed by atoms with Gasteiger partial charge in [-0.15, -0.1) is 0 Å². The van der Waals surface area contributed by atoms with Crippen LogP contribution in [-0.2, 0) is 11.2 Å². The van der Waals surface area contributed by atoms with Gasteiger partial charge in [0.05, 0.1) is 0 Å². The van der Waals surface area contributed by atoms with Crippen LogP contribution in [0.5, 0.6) is 0 Å². The van der Waals surface area contributed by atoms with Crippen LogP contribution in [0.15, 0.2) is 36.7 Å². The molecular formula is C20H23N5O2. The number of hydrogen-bond acceptors (Lipinski definition) is 4. The van der Waals surface area contributed by atoms with Gasteiger partial charge in [-0.25, -0.2) is 9.97 Å². The molecule has 7 heteroatoms. The van der Waals surface area contributed by atoms with E-state index in [9.17, 15) is 9.59 Å². The maximum absolute atomic E-state index is 11.8. The van der Waals surface area contributed by atoms with E-state index in [1.54, 1.807) is 19.3 Å². The highest BCUT2D eigenvalue weighted by Gasteiger charge is 2.19. The Labute approximate surface area is 157 Å². The molecule has 1 aliphatic rings. The molecule has 7 nitrogen and oxygen atoms in total. The minimum Gasteiger partial charge on any atom is -0.356 e. The first-order valence-electron chi connectivity index (χ1n) is 8.91. The quantitative estimate of drug-likeness (QED) is 0.603. The maximum Gasteiger partial charge on any atom is 0.269 e. The molecule has 0 bridgehead atoms. The number of fused-ring (bicyclic) bond motifs is 1. The van der Waals surface area contributed by atoms with Crippen LogP contribution < -0.4 is 10.6 Å². The first-order chi connectivity index (χ1) is 13.1. The lowest BCUT2D eigenvalue weighted by Gasteiger charge is -2.07. The second-order valence-corrected chi connectivity index (χ2v) is 6.55. The van der Waals surface area contributed by atoms with Crippen molar-refractivity contribution in [3.63, 3.8) is 0 Å². The van der Waals surface area contributed by atoms with E-state index < -0.39 is 0 Å². The third-order valence-electron chi connectivity index (χ3n) is 4.29. The number of H-pyrrole nitrogens is 1. The summed E-state index contributed by atoms with van der Waals surface area (Å²) in [6.45, 7) is 1.97. The van der Waals surface area contributed by atoms with Gasteiger partial charge < -0.3 is 15.6 Å². The number of aromatic amines is 1. The molecule has 27 heavy (non-hydrogen) atoms. The minimum absolute atomic E-state index is 0.165. The van der Waals surface area contributed by atoms with Crippen LogP contribution >= 0.6 is 0 Å². The molecule has 0 unspecified atom stereocenters. The monoisotopic (exact) mass is 365 g/mol. The summed E-state index contributed by atoms with van der Waals surface area (Å²) in [5.41, 5.74) is 4.36. The summed E-state index contributed by atoms with van der Waals surface area (Å²) in [4.78, 5) is 33.1. The zero-order valence-electron chi connectivity index (χ0n) is 15.5. The lowest BCUT2D eigenvalue weighted by molar-refractivity contribution is -0.109. The summed E-state index contributed by atoms with van der Waals surface area (Å²) in [7, 11) is 1.61. The van der Waals surface area contributed by atoms with Gasteiger partial charge in [0.25, 0.3) is 5.91 Å². The van der Waals surface area contributed by atoms with Gasteiger partial charge in [-0.3, -0.25) is 9.59 Å². The molecule has 0 aromatic carbocycles. The van der Waals surface area contributed by atoms with E-state index >= 15 is 0 Å². The Morgan fingerprint density at radius 1 is 1.33 bits per heavy atom. The lowest BCUT2D eigenvalue weighted by Crippen LogP contribution is -2.20. The van der Waals surface area contributed by atoms with Gasteiger partial charge >= 0.3 is 0 Å². The van der Waals surface area contributed by atoms with Crippen molar-refractivity contribution in [3.8, 4) is 0 Å². The van der Waals surface area contributed by atoms with Crippen molar-refractivity contribution in [3.05, 3.63) is 59.2 Å². The molecule has 0 spiro atoms. The number of rotatable bonds is 5. The topological polar surface area (TPSA) is 99.8 Å². The highest BCUT2D eigenvalue weighted by molar-refractivity contribution is 5.92. The van der Waals surface area contributed by atoms with Crippen molar-refractivity contribution < 1.29 is 9.59 Å². The molecule has 3 heterocycles. The molecule has 0 atom stereocenters. The molecule has 1 aliphatic carbocycles. The maximum atomic E-state index is 11.8. The molecule has 140 valence electrons. The van der Waals surface area contributed by atoms with Gasteiger partial charge in [0.15, 0.2) is 0 Å². The molecule has 3 N–H and O–H groups in total. The molecular weight excluding hydrogens is 342 g/mol. The van der Waals surface area contributed by atoms with Gasteiger partial charge in [-0.05, 0) is 55.2 Å². The lowest BCUT2D eigenvalue weighted by atomic mass is 10.1. The van der Waals surface area contributed by atoms with E-state index in [-0.39, 0.29) is 5.91 Å². The van der Waals surface area contributed by atoms with Crippen LogP contribution in [0.3, 0.4) is 0 Å². The van der Waals surface area contributed by atoms with Crippen LogP contribution in [-0.4, -0.2) is 40.4 Å². The summed E-state index contributed by atoms with van der Waals surface area (Å²) < 4.78 is 0. The van der Waals surface area contributed by atoms with Crippen molar-refractivity contribution in [2.24, 2.45) is 0 Å². The normalized spacial score (nSPS) is 12.8. The van der Waals surface area contributed by atoms with Crippen LogP contribution in [0.2, 0.25) is 0 Å². The summed E-state index contributed by atoms with van der Waals surface area (Å²) in [5, 5.41) is 6.33. The number of pyridine rings is 2. The third kappa shape index (κ3) is 4.91. The first kappa shape index (κ1) is 18.6. The van der Waals surface area contributed by atoms with Gasteiger partial charge in [0, 0.05) is 43.0 Å². The predicted molar refractivity (Wildman–Crippen MR) is 103 cm³/mol. The zero-order valence-corrected chi connectivity index (χ0v) is 15.5. The molecule has 3 aromatic heterocycles. The van der Waals surface area contributed by atoms with E-state index in [2.05, 4.69) is 25.6 Å². The largest absolute Gasteiger partial charge is 0.356 e. The van der Waals surface area contributed by atoms with Crippen molar-refractivity contribution in [2.75, 3.05) is 7.05 Å². The third-order valence-corrected chi connectivity index (χ3v) is 4.29. The fourth-order valence-corrected chi connectivity index (χ4v) is 2.79. The minimum atomic E-state index is -0.165. The van der Waals surface area contributed by atoms with Gasteiger partial charge in [0.1, 0.15) is 11.3 Å². The molecule has 4 rings (SSSR count). The standard InChI is InChI=1S/C16H16N4O.C4H7NO/c1-10-7-12(20-14(8-10)16(21)17-2)9-11-3-5-18-15-13(11)4-6-19-15;6-3-5-4-1-2-4/h3-8H,9H2,1-2H3,(H,17,21)(H,18,19);3-4H,1-2H2,(H,5,6). The molecule has 0 aliphatic heterocycles. The Kier molecular flexibility index (Phi) is 5.80. The number of nitrogens with one attached hydrogen (secondary N) is 3. The summed E-state index contributed by atoms with van der Waals surface area (Å²) in [5.74, 6) is -0.165. The van der Waals surface area contributed by atoms with Crippen LogP contribution in [0, 0.1) is 6.92 Å². The first-order valence-corrected chi connectivity index (χ1v) is 8.91. The summed E-state index contributed by atoms with van der Waals surface area (Å²) >= 11 is 0. The number of hydrogen-bond donors (Lipinski definition) is 3. The fraction of sp³-hybridized carbons (Fsp3) is 0.300. The van der Waals surface area contributed by atoms with Crippen molar-refractivity contribution in [1.82, 2.24) is 25.6 Å². The van der Waals surface area contributed by atoms with E-state index in [4.69, 9.17) is 0 Å². The predicted octanol–water partition coefficient (Wildman–Crippen LogP) is 2.11. The molecule has 1 fully saturated rings. The SMILES string of the molecule is CNC(=O)c1cc(C)cc(Cc2ccnc3[nH]ccc23)n1.O=CNC1CC1. The molecule has 1 saturated carbocycles. The number of nitrogens with zero attached hydrogens (tertiary/aromatic N) is 2. The second-order valence-electron chi connectivity index (χ2n) is 6.55. The number of aromatic nitrogens is 3. The Morgan fingerprint density at radius 2 is 2.15 bits per heavy atom. The van der Waals surface area contributed by atoms with Crippen molar-refractivity contribution in [2.45, 2.75) is 32.2 Å². The fourth-order valence-electron chi connectivity index (χ4n) is 2.79. The van der Waals surface area contributed by atoms with Gasteiger partial charge in [-0.1, -0.05) is 0 Å². The summed E-state index contributed by atoms with van der Waals surface area (Å²) in [6, 6.07) is 8.32. The molecule has 0 radical (unpaired) electrons. The summed E-state index contributed by atoms with van der Waals surface area (Å²) in [6.07, 6.45) is 7.45. The van der Waals surface area contributed by atoms with Gasteiger partial charge in [-0.2, -0.15) is 0 Å². The smallest absolute Gasteiger partial charge is 0.269 e. The zero-order chi connectivity index (χ0) is 19.2. The Balaban J connectivity index is 0.000000299. The van der Waals surface area contributed by atoms with Crippen LogP contribution in [0.4, 0.5) is 0 Å². The molecule has 3 aromatic rings. The number of amides is 2. The van der Waals surface area contributed by atoms with Crippen LogP contribution in [0.25, 0.3) is 11.0 Å². The second kappa shape index (κ2) is 8.44. The average Bonchev–Trinajstić information content (AvgIpc) is 3.34. The van der Waals surface area contributed by atoms with E-state index in [0.29, 0.717) is 18.2 Å². The number of carbonyl (C=O) groups excluding carboxylic acids is 2. The average molecular weight is 365 g/mol. The van der Waals surface area contributed by atoms with E-state index in [1.165, 1.54) is 12.8 Å². The Hall–Kier alpha value is -3.22.